The second kappa shape index (κ2) is 6.16. The Bertz CT molecular complexity index is 1020. The van der Waals surface area contributed by atoms with Gasteiger partial charge in [-0.25, -0.2) is 14.4 Å². The number of carbonyl (C=O) groups excluding carboxylic acids is 1. The normalized spacial score (nSPS) is 10.8. The van der Waals surface area contributed by atoms with E-state index >= 15 is 0 Å². The lowest BCUT2D eigenvalue weighted by Gasteiger charge is -2.06. The van der Waals surface area contributed by atoms with Gasteiger partial charge in [-0.3, -0.25) is 4.79 Å². The fourth-order valence-electron chi connectivity index (χ4n) is 2.54. The Labute approximate surface area is 142 Å². The third kappa shape index (κ3) is 2.97. The zero-order valence-electron chi connectivity index (χ0n) is 13.0. The molecule has 0 unspecified atom stereocenters. The van der Waals surface area contributed by atoms with Gasteiger partial charge >= 0.3 is 0 Å². The molecule has 2 N–H and O–H groups in total. The van der Waals surface area contributed by atoms with E-state index < -0.39 is 11.7 Å². The fraction of sp³-hybridized carbons (Fsp3) is 0. The molecule has 4 aromatic rings. The number of hydrogen-bond donors (Lipinski definition) is 2. The smallest absolute Gasteiger partial charge is 0.277 e. The molecule has 0 radical (unpaired) electrons. The number of nitrogens with zero attached hydrogens (tertiary/aromatic N) is 2. The van der Waals surface area contributed by atoms with Gasteiger partial charge in [-0.2, -0.15) is 0 Å². The number of nitrogens with one attached hydrogen (secondary N) is 2. The minimum Gasteiger partial charge on any atom is -0.338 e. The summed E-state index contributed by atoms with van der Waals surface area (Å²) in [7, 11) is 0. The molecule has 0 fully saturated rings. The molecule has 1 amide bonds. The molecule has 122 valence electrons. The van der Waals surface area contributed by atoms with Crippen molar-refractivity contribution in [3.8, 4) is 11.4 Å². The zero-order valence-corrected chi connectivity index (χ0v) is 13.0. The van der Waals surface area contributed by atoms with E-state index in [4.69, 9.17) is 0 Å². The van der Waals surface area contributed by atoms with E-state index in [1.165, 1.54) is 18.3 Å². The van der Waals surface area contributed by atoms with Gasteiger partial charge in [-0.1, -0.05) is 12.1 Å². The van der Waals surface area contributed by atoms with E-state index in [1.54, 1.807) is 12.1 Å². The van der Waals surface area contributed by atoms with Crippen molar-refractivity contribution in [3.63, 3.8) is 0 Å². The summed E-state index contributed by atoms with van der Waals surface area (Å²) in [4.78, 5) is 23.6. The topological polar surface area (TPSA) is 70.7 Å². The molecule has 0 aliphatic carbocycles. The van der Waals surface area contributed by atoms with Gasteiger partial charge in [-0.15, -0.1) is 0 Å². The standard InChI is InChI=1S/C19H13FN4O/c20-14-4-3-11-21-17(14)19(25)22-13-9-7-12(8-10-13)18-23-15-5-1-2-6-16(15)24-18/h1-11H,(H,22,25)(H,23,24). The molecule has 0 saturated heterocycles. The molecule has 2 heterocycles. The number of anilines is 1. The zero-order chi connectivity index (χ0) is 17.2. The third-order valence-electron chi connectivity index (χ3n) is 3.78. The SMILES string of the molecule is O=C(Nc1ccc(-c2nc3ccccc3[nH]2)cc1)c1ncccc1F. The van der Waals surface area contributed by atoms with Gasteiger partial charge in [0, 0.05) is 17.4 Å². The van der Waals surface area contributed by atoms with Crippen LogP contribution in [0.25, 0.3) is 22.4 Å². The molecule has 0 bridgehead atoms. The lowest BCUT2D eigenvalue weighted by Crippen LogP contribution is -2.15. The van der Waals surface area contributed by atoms with Crippen LogP contribution in [0.3, 0.4) is 0 Å². The molecule has 0 aliphatic rings. The number of para-hydroxylation sites is 2. The number of aromatic nitrogens is 3. The molecular weight excluding hydrogens is 319 g/mol. The summed E-state index contributed by atoms with van der Waals surface area (Å²) in [5.74, 6) is -0.497. The van der Waals surface area contributed by atoms with Crippen molar-refractivity contribution in [2.24, 2.45) is 0 Å². The summed E-state index contributed by atoms with van der Waals surface area (Å²) in [5.41, 5.74) is 3.05. The Morgan fingerprint density at radius 2 is 1.80 bits per heavy atom. The number of benzene rings is 2. The van der Waals surface area contributed by atoms with Crippen LogP contribution in [0.4, 0.5) is 10.1 Å². The van der Waals surface area contributed by atoms with Crippen molar-refractivity contribution in [3.05, 3.63) is 78.4 Å². The van der Waals surface area contributed by atoms with E-state index in [0.717, 1.165) is 22.4 Å². The van der Waals surface area contributed by atoms with Gasteiger partial charge in [0.2, 0.25) is 0 Å². The maximum atomic E-state index is 13.6. The number of amides is 1. The number of aromatic amines is 1. The average Bonchev–Trinajstić information content (AvgIpc) is 3.07. The largest absolute Gasteiger partial charge is 0.338 e. The average molecular weight is 332 g/mol. The van der Waals surface area contributed by atoms with Crippen LogP contribution < -0.4 is 5.32 Å². The lowest BCUT2D eigenvalue weighted by molar-refractivity contribution is 0.101. The van der Waals surface area contributed by atoms with Crippen LogP contribution >= 0.6 is 0 Å². The van der Waals surface area contributed by atoms with E-state index in [9.17, 15) is 9.18 Å². The van der Waals surface area contributed by atoms with Crippen molar-refractivity contribution in [1.82, 2.24) is 15.0 Å². The van der Waals surface area contributed by atoms with Gasteiger partial charge in [0.25, 0.3) is 5.91 Å². The molecule has 4 rings (SSSR count). The predicted octanol–water partition coefficient (Wildman–Crippen LogP) is 4.02. The van der Waals surface area contributed by atoms with E-state index in [1.807, 2.05) is 36.4 Å². The van der Waals surface area contributed by atoms with Gasteiger partial charge < -0.3 is 10.3 Å². The highest BCUT2D eigenvalue weighted by atomic mass is 19.1. The molecule has 2 aromatic carbocycles. The highest BCUT2D eigenvalue weighted by Crippen LogP contribution is 2.22. The van der Waals surface area contributed by atoms with Gasteiger partial charge in [-0.05, 0) is 48.5 Å². The number of H-pyrrole nitrogens is 1. The number of rotatable bonds is 3. The number of imidazole rings is 1. The second-order valence-electron chi connectivity index (χ2n) is 5.47. The van der Waals surface area contributed by atoms with Crippen molar-refractivity contribution < 1.29 is 9.18 Å². The molecular formula is C19H13FN4O. The Kier molecular flexibility index (Phi) is 3.70. The number of pyridine rings is 1. The van der Waals surface area contributed by atoms with Crippen molar-refractivity contribution in [1.29, 1.82) is 0 Å². The minimum atomic E-state index is -0.654. The molecule has 0 spiro atoms. The maximum absolute atomic E-state index is 13.6. The maximum Gasteiger partial charge on any atom is 0.277 e. The predicted molar refractivity (Wildman–Crippen MR) is 93.7 cm³/mol. The van der Waals surface area contributed by atoms with Crippen LogP contribution in [0, 0.1) is 5.82 Å². The van der Waals surface area contributed by atoms with Gasteiger partial charge in [0.15, 0.2) is 11.5 Å². The molecule has 0 saturated carbocycles. The number of hydrogen-bond acceptors (Lipinski definition) is 3. The molecule has 2 aromatic heterocycles. The van der Waals surface area contributed by atoms with E-state index in [-0.39, 0.29) is 5.69 Å². The van der Waals surface area contributed by atoms with Gasteiger partial charge in [0.05, 0.1) is 11.0 Å². The van der Waals surface area contributed by atoms with Crippen molar-refractivity contribution >= 4 is 22.6 Å². The Hall–Kier alpha value is -3.54. The molecule has 5 nitrogen and oxygen atoms in total. The van der Waals surface area contributed by atoms with Crippen LogP contribution in [0.1, 0.15) is 10.5 Å². The first kappa shape index (κ1) is 15.0. The first-order chi connectivity index (χ1) is 12.2. The Morgan fingerprint density at radius 1 is 1.00 bits per heavy atom. The second-order valence-corrected chi connectivity index (χ2v) is 5.47. The molecule has 0 aliphatic heterocycles. The van der Waals surface area contributed by atoms with Crippen molar-refractivity contribution in [2.45, 2.75) is 0 Å². The molecule has 25 heavy (non-hydrogen) atoms. The summed E-state index contributed by atoms with van der Waals surface area (Å²) in [6, 6.07) is 17.6. The number of halogens is 1. The van der Waals surface area contributed by atoms with Crippen LogP contribution in [0.2, 0.25) is 0 Å². The number of fused-ring (bicyclic) bond motifs is 1. The van der Waals surface area contributed by atoms with Crippen LogP contribution in [0.15, 0.2) is 66.9 Å². The molecule has 6 heteroatoms. The first-order valence-electron chi connectivity index (χ1n) is 7.68. The van der Waals surface area contributed by atoms with E-state index in [0.29, 0.717) is 5.69 Å². The molecule has 0 atom stereocenters. The monoisotopic (exact) mass is 332 g/mol. The lowest BCUT2D eigenvalue weighted by atomic mass is 10.2. The quantitative estimate of drug-likeness (QED) is 0.595. The first-order valence-corrected chi connectivity index (χ1v) is 7.68. The summed E-state index contributed by atoms with van der Waals surface area (Å²) in [6.07, 6.45) is 1.38. The number of carbonyl (C=O) groups is 1. The summed E-state index contributed by atoms with van der Waals surface area (Å²) in [6.45, 7) is 0. The van der Waals surface area contributed by atoms with Crippen LogP contribution in [0.5, 0.6) is 0 Å². The summed E-state index contributed by atoms with van der Waals surface area (Å²) >= 11 is 0. The highest BCUT2D eigenvalue weighted by Gasteiger charge is 2.13. The minimum absolute atomic E-state index is 0.233. The summed E-state index contributed by atoms with van der Waals surface area (Å²) < 4.78 is 13.6. The van der Waals surface area contributed by atoms with E-state index in [2.05, 4.69) is 20.3 Å². The van der Waals surface area contributed by atoms with Crippen LogP contribution in [-0.4, -0.2) is 20.9 Å². The third-order valence-corrected chi connectivity index (χ3v) is 3.78. The van der Waals surface area contributed by atoms with Crippen LogP contribution in [-0.2, 0) is 0 Å². The Balaban J connectivity index is 1.56. The summed E-state index contributed by atoms with van der Waals surface area (Å²) in [5, 5.41) is 2.63. The highest BCUT2D eigenvalue weighted by molar-refractivity contribution is 6.03. The van der Waals surface area contributed by atoms with Gasteiger partial charge in [0.1, 0.15) is 5.82 Å². The fourth-order valence-corrected chi connectivity index (χ4v) is 2.54. The van der Waals surface area contributed by atoms with Crippen molar-refractivity contribution in [2.75, 3.05) is 5.32 Å². The Morgan fingerprint density at radius 3 is 2.56 bits per heavy atom.